The van der Waals surface area contributed by atoms with Crippen LogP contribution in [0.1, 0.15) is 105 Å². The van der Waals surface area contributed by atoms with Crippen molar-refractivity contribution in [3.63, 3.8) is 0 Å². The summed E-state index contributed by atoms with van der Waals surface area (Å²) in [5.41, 5.74) is 5.23. The Balaban J connectivity index is 1.11. The normalized spacial score (nSPS) is 30.4. The predicted molar refractivity (Wildman–Crippen MR) is 216 cm³/mol. The third-order valence-electron chi connectivity index (χ3n) is 14.0. The molecule has 0 aliphatic heterocycles. The summed E-state index contributed by atoms with van der Waals surface area (Å²) in [6, 6.07) is 22.7. The number of carboxylic acid groups (broad SMARTS) is 1. The van der Waals surface area contributed by atoms with Gasteiger partial charge in [-0.15, -0.1) is 0 Å². The number of allylic oxidation sites excluding steroid dienone is 4. The maximum atomic E-state index is 13.6. The lowest BCUT2D eigenvalue weighted by Gasteiger charge is -2.54. The Bertz CT molecular complexity index is 2060. The van der Waals surface area contributed by atoms with Crippen molar-refractivity contribution in [2.75, 3.05) is 6.61 Å². The van der Waals surface area contributed by atoms with Gasteiger partial charge in [-0.2, -0.15) is 0 Å². The van der Waals surface area contributed by atoms with E-state index in [2.05, 4.69) is 72.9 Å². The lowest BCUT2D eigenvalue weighted by molar-refractivity contribution is -0.146. The quantitative estimate of drug-likeness (QED) is 0.124. The maximum Gasteiger partial charge on any atom is 0.307 e. The summed E-state index contributed by atoms with van der Waals surface area (Å²) >= 11 is 0. The van der Waals surface area contributed by atoms with Gasteiger partial charge in [0.25, 0.3) is 0 Å². The van der Waals surface area contributed by atoms with Gasteiger partial charge in [-0.25, -0.2) is 0 Å². The van der Waals surface area contributed by atoms with Crippen molar-refractivity contribution < 1.29 is 25.2 Å². The molecule has 5 aliphatic carbocycles. The van der Waals surface area contributed by atoms with Crippen molar-refractivity contribution in [1.82, 2.24) is 0 Å². The van der Waals surface area contributed by atoms with E-state index in [-0.39, 0.29) is 36.0 Å². The summed E-state index contributed by atoms with van der Waals surface area (Å²) in [6.07, 6.45) is 26.4. The number of carbonyl (C=O) groups is 1. The number of hydrogen-bond donors (Lipinski definition) is 4. The Labute approximate surface area is 320 Å². The summed E-state index contributed by atoms with van der Waals surface area (Å²) in [7, 11) is 0. The van der Waals surface area contributed by atoms with E-state index >= 15 is 0 Å². The highest BCUT2D eigenvalue weighted by atomic mass is 16.4. The number of rotatable bonds is 10. The fourth-order valence-corrected chi connectivity index (χ4v) is 11.2. The van der Waals surface area contributed by atoms with Crippen LogP contribution in [0.25, 0.3) is 17.9 Å². The molecule has 5 aliphatic rings. The summed E-state index contributed by atoms with van der Waals surface area (Å²) < 4.78 is 0. The first kappa shape index (κ1) is 36.6. The first-order valence-corrected chi connectivity index (χ1v) is 20.6. The summed E-state index contributed by atoms with van der Waals surface area (Å²) in [6.45, 7) is 0.202. The number of phenolic OH excluding ortho intramolecular Hbond substituents is 1. The number of hydrogen-bond acceptors (Lipinski definition) is 4. The first-order chi connectivity index (χ1) is 26.3. The Hall–Kier alpha value is -4.35. The molecule has 0 amide bonds. The van der Waals surface area contributed by atoms with E-state index in [1.54, 1.807) is 0 Å². The molecule has 1 spiro atoms. The number of phenols is 1. The van der Waals surface area contributed by atoms with E-state index in [0.717, 1.165) is 60.1 Å². The van der Waals surface area contributed by atoms with Crippen LogP contribution in [0, 0.1) is 35.5 Å². The van der Waals surface area contributed by atoms with Crippen molar-refractivity contribution >= 4 is 23.9 Å². The highest BCUT2D eigenvalue weighted by Crippen LogP contribution is 2.59. The first-order valence-electron chi connectivity index (χ1n) is 20.6. The minimum absolute atomic E-state index is 0.0373. The van der Waals surface area contributed by atoms with Gasteiger partial charge in [0.15, 0.2) is 0 Å². The predicted octanol–water partition coefficient (Wildman–Crippen LogP) is 9.12. The second-order valence-corrected chi connectivity index (χ2v) is 17.0. The molecule has 282 valence electrons. The molecule has 0 heterocycles. The highest BCUT2D eigenvalue weighted by molar-refractivity contribution is 5.76. The molecule has 5 heteroatoms. The number of aliphatic carboxylic acids is 1. The number of unbranched alkanes of at least 4 members (excludes halogenated alkanes) is 3. The van der Waals surface area contributed by atoms with Gasteiger partial charge in [0.2, 0.25) is 0 Å². The van der Waals surface area contributed by atoms with Crippen LogP contribution in [0.3, 0.4) is 0 Å². The topological polar surface area (TPSA) is 98.0 Å². The number of aliphatic hydroxyl groups is 2. The van der Waals surface area contributed by atoms with Gasteiger partial charge < -0.3 is 20.4 Å². The second kappa shape index (κ2) is 15.8. The smallest absolute Gasteiger partial charge is 0.307 e. The van der Waals surface area contributed by atoms with Crippen LogP contribution in [0.2, 0.25) is 0 Å². The molecule has 4 N–H and O–H groups in total. The molecule has 0 saturated heterocycles. The molecule has 0 radical (unpaired) electrons. The van der Waals surface area contributed by atoms with Gasteiger partial charge in [0.05, 0.1) is 12.5 Å². The Morgan fingerprint density at radius 3 is 2.44 bits per heavy atom. The molecule has 8 rings (SSSR count). The molecule has 3 aromatic rings. The van der Waals surface area contributed by atoms with E-state index in [4.69, 9.17) is 0 Å². The molecular formula is C49H56O5. The van der Waals surface area contributed by atoms with Crippen LogP contribution in [0.4, 0.5) is 0 Å². The van der Waals surface area contributed by atoms with E-state index in [0.29, 0.717) is 30.4 Å². The maximum absolute atomic E-state index is 13.6. The fourth-order valence-electron chi connectivity index (χ4n) is 11.2. The molecule has 2 bridgehead atoms. The largest absolute Gasteiger partial charge is 0.511 e. The van der Waals surface area contributed by atoms with Crippen molar-refractivity contribution in [2.24, 2.45) is 35.5 Å². The minimum atomic E-state index is -0.759. The number of benzene rings is 3. The third-order valence-corrected chi connectivity index (χ3v) is 14.0. The third kappa shape index (κ3) is 7.12. The fraction of sp³-hybridized carbons (Fsp3) is 0.449. The minimum Gasteiger partial charge on any atom is -0.511 e. The molecule has 0 aromatic heterocycles. The molecular weight excluding hydrogens is 669 g/mol. The second-order valence-electron chi connectivity index (χ2n) is 17.0. The van der Waals surface area contributed by atoms with Crippen molar-refractivity contribution in [3.8, 4) is 5.75 Å². The van der Waals surface area contributed by atoms with Crippen LogP contribution in [-0.4, -0.2) is 33.0 Å². The van der Waals surface area contributed by atoms with Crippen molar-refractivity contribution in [3.05, 3.63) is 129 Å². The molecule has 8 atom stereocenters. The number of aromatic hydroxyl groups is 1. The lowest BCUT2D eigenvalue weighted by Crippen LogP contribution is -2.54. The molecule has 5 nitrogen and oxygen atoms in total. The van der Waals surface area contributed by atoms with Crippen LogP contribution < -0.4 is 10.4 Å². The Kier molecular flexibility index (Phi) is 10.7. The zero-order chi connectivity index (χ0) is 37.2. The average Bonchev–Trinajstić information content (AvgIpc) is 3.65. The highest BCUT2D eigenvalue weighted by Gasteiger charge is 2.56. The van der Waals surface area contributed by atoms with E-state index in [1.165, 1.54) is 48.8 Å². The van der Waals surface area contributed by atoms with Gasteiger partial charge >= 0.3 is 5.97 Å². The molecule has 54 heavy (non-hydrogen) atoms. The SMILES string of the molecule is O=C(O)[C@@H]1C/C=C/C[C@@H](CCCCCC[C@@H]2C=C(CO)CC2)[C@@H](c2ccc(O)cc2)Cc2ccc3c(c2)[C@@]12C[C@@H]1C(O)=c4ccccc4=C[C@@H]1C[C@@H]2C=C3. The molecule has 1 saturated carbocycles. The van der Waals surface area contributed by atoms with Crippen molar-refractivity contribution in [1.29, 1.82) is 0 Å². The molecule has 0 unspecified atom stereocenters. The van der Waals surface area contributed by atoms with Crippen LogP contribution in [0.5, 0.6) is 5.75 Å². The summed E-state index contributed by atoms with van der Waals surface area (Å²) in [5.74, 6) is 0.578. The van der Waals surface area contributed by atoms with E-state index in [9.17, 15) is 25.2 Å². The standard InChI is InChI=1S/C49H56O5/c50-31-34-16-15-32(25-34)9-3-1-2-4-10-35-11-6-8-14-45(48(53)54)49-30-44-39(28-38-12-5-7-13-42(38)47(44)52)29-40(49)22-19-37-18-17-33(27-46(37)49)26-43(35)36-20-23-41(51)24-21-36/h5-8,12-13,17-25,27-28,32,35,39-40,43-45,50-52H,1-4,9-11,14-16,26,29-31H2,(H,53,54)/b8-6+/t32-,35+,39+,40-,43-,44-,45-,49+/m0/s1. The number of aliphatic hydroxyl groups excluding tert-OH is 2. The lowest BCUT2D eigenvalue weighted by atomic mass is 9.49. The van der Waals surface area contributed by atoms with Gasteiger partial charge in [0, 0.05) is 16.6 Å². The zero-order valence-corrected chi connectivity index (χ0v) is 31.5. The Morgan fingerprint density at radius 1 is 0.852 bits per heavy atom. The number of carboxylic acids is 1. The summed E-state index contributed by atoms with van der Waals surface area (Å²) in [5, 5.41) is 44.6. The Morgan fingerprint density at radius 2 is 1.65 bits per heavy atom. The van der Waals surface area contributed by atoms with E-state index < -0.39 is 17.3 Å². The summed E-state index contributed by atoms with van der Waals surface area (Å²) in [4.78, 5) is 13.6. The number of fused-ring (bicyclic) bond motifs is 3. The van der Waals surface area contributed by atoms with Gasteiger partial charge in [-0.1, -0.05) is 117 Å². The van der Waals surface area contributed by atoms with Gasteiger partial charge in [0.1, 0.15) is 11.5 Å². The van der Waals surface area contributed by atoms with Gasteiger partial charge in [-0.3, -0.25) is 4.79 Å². The van der Waals surface area contributed by atoms with E-state index in [1.807, 2.05) is 30.3 Å². The average molecular weight is 725 g/mol. The molecule has 1 fully saturated rings. The monoisotopic (exact) mass is 724 g/mol. The molecule has 3 aromatic carbocycles. The van der Waals surface area contributed by atoms with Crippen LogP contribution in [0.15, 0.2) is 96.6 Å². The van der Waals surface area contributed by atoms with Crippen LogP contribution >= 0.6 is 0 Å². The van der Waals surface area contributed by atoms with Crippen LogP contribution in [-0.2, 0) is 16.6 Å². The zero-order valence-electron chi connectivity index (χ0n) is 31.5. The van der Waals surface area contributed by atoms with Crippen molar-refractivity contribution in [2.45, 2.75) is 94.8 Å². The van der Waals surface area contributed by atoms with Gasteiger partial charge in [-0.05, 0) is 133 Å².